The van der Waals surface area contributed by atoms with Gasteiger partial charge in [-0.2, -0.15) is 17.4 Å². The highest BCUT2D eigenvalue weighted by Crippen LogP contribution is 2.18. The molecule has 2 N–H and O–H groups in total. The number of hydrogen-bond acceptors (Lipinski definition) is 4. The molecule has 1 aliphatic rings. The largest absolute Gasteiger partial charge is 0.468 e. The second-order valence-corrected chi connectivity index (χ2v) is 6.81. The van der Waals surface area contributed by atoms with Gasteiger partial charge in [-0.3, -0.25) is 0 Å². The molecule has 1 saturated heterocycles. The van der Waals surface area contributed by atoms with E-state index in [2.05, 4.69) is 17.0 Å². The highest BCUT2D eigenvalue weighted by Gasteiger charge is 2.27. The van der Waals surface area contributed by atoms with E-state index in [0.717, 1.165) is 25.9 Å². The van der Waals surface area contributed by atoms with E-state index in [1.165, 1.54) is 10.6 Å². The van der Waals surface area contributed by atoms with Crippen molar-refractivity contribution in [1.29, 1.82) is 0 Å². The lowest BCUT2D eigenvalue weighted by Gasteiger charge is -2.31. The van der Waals surface area contributed by atoms with Crippen molar-refractivity contribution in [2.24, 2.45) is 5.92 Å². The van der Waals surface area contributed by atoms with Gasteiger partial charge < -0.3 is 9.73 Å². The van der Waals surface area contributed by atoms with E-state index in [1.54, 1.807) is 12.1 Å². The molecule has 2 rings (SSSR count). The summed E-state index contributed by atoms with van der Waals surface area (Å²) in [5, 5.41) is 3.32. The lowest BCUT2D eigenvalue weighted by atomic mass is 9.98. The van der Waals surface area contributed by atoms with Crippen LogP contribution in [0.4, 0.5) is 0 Å². The van der Waals surface area contributed by atoms with Crippen LogP contribution < -0.4 is 10.0 Å². The van der Waals surface area contributed by atoms with Crippen molar-refractivity contribution >= 4 is 10.2 Å². The Morgan fingerprint density at radius 1 is 1.40 bits per heavy atom. The van der Waals surface area contributed by atoms with Crippen LogP contribution in [0, 0.1) is 5.92 Å². The van der Waals surface area contributed by atoms with Gasteiger partial charge in [0, 0.05) is 13.1 Å². The number of furan rings is 1. The lowest BCUT2D eigenvalue weighted by Crippen LogP contribution is -2.45. The molecule has 2 heterocycles. The van der Waals surface area contributed by atoms with Gasteiger partial charge >= 0.3 is 0 Å². The fourth-order valence-corrected chi connectivity index (χ4v) is 3.57. The Hall–Kier alpha value is -0.890. The monoisotopic (exact) mass is 301 g/mol. The molecule has 0 saturated carbocycles. The van der Waals surface area contributed by atoms with Crippen molar-refractivity contribution in [3.05, 3.63) is 24.2 Å². The molecule has 20 heavy (non-hydrogen) atoms. The predicted octanol–water partition coefficient (Wildman–Crippen LogP) is 0.935. The molecule has 0 aliphatic carbocycles. The summed E-state index contributed by atoms with van der Waals surface area (Å²) in [6, 6.07) is 3.50. The number of rotatable bonds is 7. The molecule has 7 heteroatoms. The Morgan fingerprint density at radius 2 is 2.15 bits per heavy atom. The molecule has 0 aromatic carbocycles. The number of piperidine rings is 1. The quantitative estimate of drug-likeness (QED) is 0.786. The van der Waals surface area contributed by atoms with Gasteiger partial charge in [-0.15, -0.1) is 0 Å². The zero-order valence-electron chi connectivity index (χ0n) is 11.8. The third kappa shape index (κ3) is 4.31. The molecule has 0 bridgehead atoms. The number of hydrogen-bond donors (Lipinski definition) is 2. The van der Waals surface area contributed by atoms with E-state index in [0.29, 0.717) is 24.8 Å². The van der Waals surface area contributed by atoms with Crippen molar-refractivity contribution in [2.75, 3.05) is 26.2 Å². The fraction of sp³-hybridized carbons (Fsp3) is 0.692. The topological polar surface area (TPSA) is 74.6 Å². The lowest BCUT2D eigenvalue weighted by molar-refractivity contribution is 0.265. The second kappa shape index (κ2) is 7.21. The van der Waals surface area contributed by atoms with Gasteiger partial charge in [0.2, 0.25) is 0 Å². The average Bonchev–Trinajstić information content (AvgIpc) is 2.97. The third-order valence-corrected chi connectivity index (χ3v) is 5.16. The molecule has 0 spiro atoms. The van der Waals surface area contributed by atoms with Gasteiger partial charge in [0.1, 0.15) is 5.76 Å². The molecule has 6 nitrogen and oxygen atoms in total. The first-order chi connectivity index (χ1) is 9.62. The van der Waals surface area contributed by atoms with Crippen molar-refractivity contribution in [1.82, 2.24) is 14.3 Å². The standard InChI is InChI=1S/C13H23N3O3S/c1-2-14-10-12-5-7-16(8-6-12)20(17,18)15-11-13-4-3-9-19-13/h3-4,9,12,14-15H,2,5-8,10-11H2,1H3. The van der Waals surface area contributed by atoms with Crippen LogP contribution >= 0.6 is 0 Å². The molecular formula is C13H23N3O3S. The van der Waals surface area contributed by atoms with E-state index in [-0.39, 0.29) is 6.54 Å². The van der Waals surface area contributed by atoms with Crippen LogP contribution in [0.15, 0.2) is 22.8 Å². The first-order valence-corrected chi connectivity index (χ1v) is 8.53. The summed E-state index contributed by atoms with van der Waals surface area (Å²) in [6.07, 6.45) is 3.36. The van der Waals surface area contributed by atoms with Crippen molar-refractivity contribution in [3.63, 3.8) is 0 Å². The molecule has 1 aromatic rings. The molecule has 0 unspecified atom stereocenters. The maximum absolute atomic E-state index is 12.2. The van der Waals surface area contributed by atoms with E-state index >= 15 is 0 Å². The minimum absolute atomic E-state index is 0.201. The average molecular weight is 301 g/mol. The van der Waals surface area contributed by atoms with E-state index < -0.39 is 10.2 Å². The summed E-state index contributed by atoms with van der Waals surface area (Å²) in [6.45, 7) is 5.39. The van der Waals surface area contributed by atoms with E-state index in [4.69, 9.17) is 4.42 Å². The summed E-state index contributed by atoms with van der Waals surface area (Å²) >= 11 is 0. The normalized spacial score (nSPS) is 18.4. The molecule has 0 amide bonds. The maximum atomic E-state index is 12.2. The number of nitrogens with one attached hydrogen (secondary N) is 2. The zero-order valence-corrected chi connectivity index (χ0v) is 12.7. The van der Waals surface area contributed by atoms with Gasteiger partial charge in [-0.1, -0.05) is 6.92 Å². The third-order valence-electron chi connectivity index (χ3n) is 3.61. The van der Waals surface area contributed by atoms with Crippen LogP contribution in [0.5, 0.6) is 0 Å². The van der Waals surface area contributed by atoms with Crippen LogP contribution in [-0.2, 0) is 16.8 Å². The molecule has 1 fully saturated rings. The smallest absolute Gasteiger partial charge is 0.279 e. The zero-order chi connectivity index (χ0) is 14.4. The summed E-state index contributed by atoms with van der Waals surface area (Å²) in [4.78, 5) is 0. The maximum Gasteiger partial charge on any atom is 0.279 e. The van der Waals surface area contributed by atoms with Crippen LogP contribution in [0.2, 0.25) is 0 Å². The van der Waals surface area contributed by atoms with Crippen LogP contribution in [0.25, 0.3) is 0 Å². The van der Waals surface area contributed by atoms with E-state index in [1.807, 2.05) is 0 Å². The summed E-state index contributed by atoms with van der Waals surface area (Å²) < 4.78 is 33.5. The summed E-state index contributed by atoms with van der Waals surface area (Å²) in [7, 11) is -3.40. The Bertz CT molecular complexity index is 479. The Balaban J connectivity index is 1.79. The Morgan fingerprint density at radius 3 is 2.75 bits per heavy atom. The Labute approximate surface area is 120 Å². The Kier molecular flexibility index (Phi) is 5.59. The molecule has 1 aromatic heterocycles. The van der Waals surface area contributed by atoms with Gasteiger partial charge in [0.25, 0.3) is 10.2 Å². The predicted molar refractivity (Wildman–Crippen MR) is 77.3 cm³/mol. The van der Waals surface area contributed by atoms with Crippen molar-refractivity contribution in [2.45, 2.75) is 26.3 Å². The highest BCUT2D eigenvalue weighted by atomic mass is 32.2. The fourth-order valence-electron chi connectivity index (χ4n) is 2.37. The first-order valence-electron chi connectivity index (χ1n) is 7.09. The number of nitrogens with zero attached hydrogens (tertiary/aromatic N) is 1. The molecular weight excluding hydrogens is 278 g/mol. The van der Waals surface area contributed by atoms with E-state index in [9.17, 15) is 8.42 Å². The summed E-state index contributed by atoms with van der Waals surface area (Å²) in [5.41, 5.74) is 0. The van der Waals surface area contributed by atoms with Crippen molar-refractivity contribution in [3.8, 4) is 0 Å². The SMILES string of the molecule is CCNCC1CCN(S(=O)(=O)NCc2ccco2)CC1. The molecule has 0 atom stereocenters. The molecule has 1 aliphatic heterocycles. The first kappa shape index (κ1) is 15.5. The van der Waals surface area contributed by atoms with Gasteiger partial charge in [-0.25, -0.2) is 0 Å². The highest BCUT2D eigenvalue weighted by molar-refractivity contribution is 7.87. The van der Waals surface area contributed by atoms with Crippen LogP contribution in [0.1, 0.15) is 25.5 Å². The van der Waals surface area contributed by atoms with Crippen LogP contribution in [-0.4, -0.2) is 38.9 Å². The van der Waals surface area contributed by atoms with Gasteiger partial charge in [0.15, 0.2) is 0 Å². The van der Waals surface area contributed by atoms with Gasteiger partial charge in [-0.05, 0) is 44.0 Å². The summed E-state index contributed by atoms with van der Waals surface area (Å²) in [5.74, 6) is 1.20. The minimum atomic E-state index is -3.40. The second-order valence-electron chi connectivity index (χ2n) is 5.06. The minimum Gasteiger partial charge on any atom is -0.468 e. The molecule has 0 radical (unpaired) electrons. The van der Waals surface area contributed by atoms with Gasteiger partial charge in [0.05, 0.1) is 12.8 Å². The van der Waals surface area contributed by atoms with Crippen molar-refractivity contribution < 1.29 is 12.8 Å². The van der Waals surface area contributed by atoms with Crippen LogP contribution in [0.3, 0.4) is 0 Å². The molecule has 114 valence electrons.